The largest absolute Gasteiger partial charge is 0.441 e. The van der Waals surface area contributed by atoms with Gasteiger partial charge < -0.3 is 9.73 Å². The third kappa shape index (κ3) is 3.71. The minimum absolute atomic E-state index is 0.0294. The van der Waals surface area contributed by atoms with Crippen LogP contribution in [0.5, 0.6) is 0 Å². The highest BCUT2D eigenvalue weighted by molar-refractivity contribution is 5.90. The molecule has 3 rings (SSSR count). The highest BCUT2D eigenvalue weighted by Gasteiger charge is 2.09. The van der Waals surface area contributed by atoms with Crippen molar-refractivity contribution >= 4 is 22.7 Å². The second kappa shape index (κ2) is 6.56. The Morgan fingerprint density at radius 2 is 2.00 bits per heavy atom. The summed E-state index contributed by atoms with van der Waals surface area (Å²) in [5.74, 6) is -1.26. The third-order valence-electron chi connectivity index (χ3n) is 3.34. The van der Waals surface area contributed by atoms with E-state index >= 15 is 0 Å². The number of nitrogens with one attached hydrogen (secondary N) is 1. The average Bonchev–Trinajstić information content (AvgIpc) is 2.93. The Morgan fingerprint density at radius 3 is 2.78 bits per heavy atom. The van der Waals surface area contributed by atoms with Crippen molar-refractivity contribution in [2.24, 2.45) is 0 Å². The first-order chi connectivity index (χ1) is 11.1. The summed E-state index contributed by atoms with van der Waals surface area (Å²) in [6.45, 7) is 0. The zero-order chi connectivity index (χ0) is 16.2. The van der Waals surface area contributed by atoms with Crippen LogP contribution in [0.4, 0.5) is 14.5 Å². The van der Waals surface area contributed by atoms with Crippen molar-refractivity contribution in [3.05, 3.63) is 60.0 Å². The van der Waals surface area contributed by atoms with Gasteiger partial charge in [0.1, 0.15) is 17.2 Å². The molecule has 6 heteroatoms. The first-order valence-electron chi connectivity index (χ1n) is 7.21. The van der Waals surface area contributed by atoms with Crippen LogP contribution in [0.3, 0.4) is 0 Å². The first-order valence-corrected chi connectivity index (χ1v) is 7.21. The fourth-order valence-corrected chi connectivity index (χ4v) is 2.23. The van der Waals surface area contributed by atoms with Gasteiger partial charge in [-0.25, -0.2) is 13.8 Å². The zero-order valence-electron chi connectivity index (χ0n) is 12.2. The number of aromatic nitrogens is 1. The number of oxazole rings is 1. The summed E-state index contributed by atoms with van der Waals surface area (Å²) < 4.78 is 31.8. The maximum Gasteiger partial charge on any atom is 0.224 e. The maximum atomic E-state index is 13.4. The van der Waals surface area contributed by atoms with E-state index in [1.807, 2.05) is 24.3 Å². The van der Waals surface area contributed by atoms with E-state index < -0.39 is 11.6 Å². The van der Waals surface area contributed by atoms with Gasteiger partial charge in [0.05, 0.1) is 5.69 Å². The lowest BCUT2D eigenvalue weighted by atomic mass is 10.2. The van der Waals surface area contributed by atoms with Gasteiger partial charge in [0.15, 0.2) is 11.5 Å². The van der Waals surface area contributed by atoms with E-state index in [9.17, 15) is 13.6 Å². The SMILES string of the molecule is O=C(CCCc1nc2ccccc2o1)Nc1ccc(F)cc1F. The van der Waals surface area contributed by atoms with Crippen LogP contribution in [-0.4, -0.2) is 10.9 Å². The van der Waals surface area contributed by atoms with Gasteiger partial charge in [-0.1, -0.05) is 12.1 Å². The monoisotopic (exact) mass is 316 g/mol. The molecule has 0 fully saturated rings. The molecule has 0 aliphatic rings. The molecule has 0 saturated carbocycles. The fraction of sp³-hybridized carbons (Fsp3) is 0.176. The second-order valence-electron chi connectivity index (χ2n) is 5.10. The number of hydrogen-bond donors (Lipinski definition) is 1. The lowest BCUT2D eigenvalue weighted by Gasteiger charge is -2.05. The lowest BCUT2D eigenvalue weighted by molar-refractivity contribution is -0.116. The molecule has 118 valence electrons. The molecule has 0 bridgehead atoms. The summed E-state index contributed by atoms with van der Waals surface area (Å²) in [6, 6.07) is 10.4. The van der Waals surface area contributed by atoms with Gasteiger partial charge in [-0.15, -0.1) is 0 Å². The summed E-state index contributed by atoms with van der Waals surface area (Å²) in [4.78, 5) is 16.1. The Kier molecular flexibility index (Phi) is 4.32. The highest BCUT2D eigenvalue weighted by Crippen LogP contribution is 2.17. The van der Waals surface area contributed by atoms with E-state index in [-0.39, 0.29) is 18.0 Å². The fourth-order valence-electron chi connectivity index (χ4n) is 2.23. The smallest absolute Gasteiger partial charge is 0.224 e. The van der Waals surface area contributed by atoms with Crippen molar-refractivity contribution in [2.75, 3.05) is 5.32 Å². The van der Waals surface area contributed by atoms with Crippen molar-refractivity contribution in [1.82, 2.24) is 4.98 Å². The number of fused-ring (bicyclic) bond motifs is 1. The van der Waals surface area contributed by atoms with Gasteiger partial charge in [0.25, 0.3) is 0 Å². The van der Waals surface area contributed by atoms with E-state index in [1.54, 1.807) is 0 Å². The molecule has 2 aromatic carbocycles. The number of anilines is 1. The van der Waals surface area contributed by atoms with Gasteiger partial charge in [-0.3, -0.25) is 4.79 Å². The van der Waals surface area contributed by atoms with Crippen molar-refractivity contribution in [2.45, 2.75) is 19.3 Å². The Morgan fingerprint density at radius 1 is 1.17 bits per heavy atom. The van der Waals surface area contributed by atoms with Crippen LogP contribution in [0.25, 0.3) is 11.1 Å². The molecule has 4 nitrogen and oxygen atoms in total. The number of aryl methyl sites for hydroxylation is 1. The summed E-state index contributed by atoms with van der Waals surface area (Å²) in [5.41, 5.74) is 1.46. The molecular weight excluding hydrogens is 302 g/mol. The van der Waals surface area contributed by atoms with Crippen LogP contribution in [0.1, 0.15) is 18.7 Å². The van der Waals surface area contributed by atoms with Crippen LogP contribution in [0, 0.1) is 11.6 Å². The number of rotatable bonds is 5. The number of benzene rings is 2. The predicted octanol–water partition coefficient (Wildman–Crippen LogP) is 4.07. The summed E-state index contributed by atoms with van der Waals surface area (Å²) in [5, 5.41) is 2.42. The first kappa shape index (κ1) is 15.1. The Bertz CT molecular complexity index is 812. The Hall–Kier alpha value is -2.76. The normalized spacial score (nSPS) is 10.9. The van der Waals surface area contributed by atoms with Crippen LogP contribution in [-0.2, 0) is 11.2 Å². The molecule has 1 aromatic heterocycles. The van der Waals surface area contributed by atoms with Gasteiger partial charge in [-0.2, -0.15) is 0 Å². The molecule has 0 saturated heterocycles. The summed E-state index contributed by atoms with van der Waals surface area (Å²) in [7, 11) is 0. The van der Waals surface area contributed by atoms with Crippen molar-refractivity contribution < 1.29 is 18.0 Å². The van der Waals surface area contributed by atoms with Crippen molar-refractivity contribution in [3.8, 4) is 0 Å². The molecule has 0 atom stereocenters. The van der Waals surface area contributed by atoms with E-state index in [4.69, 9.17) is 4.42 Å². The number of halogens is 2. The minimum atomic E-state index is -0.794. The molecule has 1 amide bonds. The van der Waals surface area contributed by atoms with Gasteiger partial charge in [0, 0.05) is 18.9 Å². The number of para-hydroxylation sites is 2. The van der Waals surface area contributed by atoms with Gasteiger partial charge >= 0.3 is 0 Å². The van der Waals surface area contributed by atoms with Crippen LogP contribution in [0.15, 0.2) is 46.9 Å². The number of hydrogen-bond acceptors (Lipinski definition) is 3. The molecule has 0 radical (unpaired) electrons. The van der Waals surface area contributed by atoms with E-state index in [0.717, 1.165) is 17.6 Å². The topological polar surface area (TPSA) is 55.1 Å². The summed E-state index contributed by atoms with van der Waals surface area (Å²) >= 11 is 0. The third-order valence-corrected chi connectivity index (χ3v) is 3.34. The quantitative estimate of drug-likeness (QED) is 0.772. The maximum absolute atomic E-state index is 13.4. The van der Waals surface area contributed by atoms with Crippen molar-refractivity contribution in [3.63, 3.8) is 0 Å². The lowest BCUT2D eigenvalue weighted by Crippen LogP contribution is -2.12. The highest BCUT2D eigenvalue weighted by atomic mass is 19.1. The molecule has 0 aliphatic heterocycles. The summed E-state index contributed by atoms with van der Waals surface area (Å²) in [6.07, 6.45) is 1.21. The van der Waals surface area contributed by atoms with E-state index in [0.29, 0.717) is 24.3 Å². The van der Waals surface area contributed by atoms with Crippen LogP contribution < -0.4 is 5.32 Å². The van der Waals surface area contributed by atoms with Gasteiger partial charge in [-0.05, 0) is 30.7 Å². The standard InChI is InChI=1S/C17H14F2N2O2/c18-11-8-9-13(12(19)10-11)20-16(22)6-3-7-17-21-14-4-1-2-5-15(14)23-17/h1-2,4-5,8-10H,3,6-7H2,(H,20,22). The molecule has 0 unspecified atom stereocenters. The second-order valence-corrected chi connectivity index (χ2v) is 5.10. The molecule has 0 aliphatic carbocycles. The molecule has 3 aromatic rings. The zero-order valence-corrected chi connectivity index (χ0v) is 12.2. The number of nitrogens with zero attached hydrogens (tertiary/aromatic N) is 1. The Labute approximate surface area is 131 Å². The van der Waals surface area contributed by atoms with E-state index in [1.165, 1.54) is 6.07 Å². The van der Waals surface area contributed by atoms with E-state index in [2.05, 4.69) is 10.3 Å². The average molecular weight is 316 g/mol. The number of carbonyl (C=O) groups is 1. The van der Waals surface area contributed by atoms with Gasteiger partial charge in [0.2, 0.25) is 5.91 Å². The molecule has 23 heavy (non-hydrogen) atoms. The minimum Gasteiger partial charge on any atom is -0.441 e. The Balaban J connectivity index is 1.52. The van der Waals surface area contributed by atoms with Crippen LogP contribution >= 0.6 is 0 Å². The molecular formula is C17H14F2N2O2. The number of carbonyl (C=O) groups excluding carboxylic acids is 1. The van der Waals surface area contributed by atoms with Crippen molar-refractivity contribution in [1.29, 1.82) is 0 Å². The predicted molar refractivity (Wildman–Crippen MR) is 81.9 cm³/mol. The molecule has 1 heterocycles. The number of amides is 1. The molecule has 0 spiro atoms. The molecule has 1 N–H and O–H groups in total. The van der Waals surface area contributed by atoms with Crippen LogP contribution in [0.2, 0.25) is 0 Å².